The van der Waals surface area contributed by atoms with Gasteiger partial charge in [-0.25, -0.2) is 4.98 Å². The molecule has 1 atom stereocenters. The molecule has 3 heterocycles. The van der Waals surface area contributed by atoms with Crippen LogP contribution in [-0.2, 0) is 6.42 Å². The number of hydrogen-bond acceptors (Lipinski definition) is 4. The van der Waals surface area contributed by atoms with Crippen LogP contribution in [0.2, 0.25) is 0 Å². The first-order valence-corrected chi connectivity index (χ1v) is 6.29. The Morgan fingerprint density at radius 3 is 2.78 bits per heavy atom. The number of nitrogens with zero attached hydrogens (tertiary/aromatic N) is 1. The Hall–Kier alpha value is -1.97. The van der Waals surface area contributed by atoms with Gasteiger partial charge in [-0.2, -0.15) is 0 Å². The van der Waals surface area contributed by atoms with E-state index in [-0.39, 0.29) is 0 Å². The highest BCUT2D eigenvalue weighted by Crippen LogP contribution is 2.36. The molecule has 4 nitrogen and oxygen atoms in total. The van der Waals surface area contributed by atoms with E-state index in [0.717, 1.165) is 34.6 Å². The minimum Gasteiger partial charge on any atom is -0.486 e. The van der Waals surface area contributed by atoms with Crippen LogP contribution in [0.1, 0.15) is 12.5 Å². The second kappa shape index (κ2) is 3.51. The fourth-order valence-corrected chi connectivity index (χ4v) is 2.65. The zero-order chi connectivity index (χ0) is 12.1. The number of fused-ring (bicyclic) bond motifs is 3. The highest BCUT2D eigenvalue weighted by molar-refractivity contribution is 5.86. The monoisotopic (exact) mass is 242 g/mol. The number of rotatable bonds is 0. The molecule has 2 aliphatic rings. The SMILES string of the molecule is CC1Cc2cc3cc4c(cc3nc2N1)OCCO4. The molecule has 1 unspecified atom stereocenters. The second-order valence-electron chi connectivity index (χ2n) is 4.93. The van der Waals surface area contributed by atoms with Crippen molar-refractivity contribution in [1.82, 2.24) is 4.98 Å². The summed E-state index contributed by atoms with van der Waals surface area (Å²) in [5.74, 6) is 2.63. The maximum absolute atomic E-state index is 5.60. The predicted octanol–water partition coefficient (Wildman–Crippen LogP) is 2.36. The zero-order valence-corrected chi connectivity index (χ0v) is 10.2. The van der Waals surface area contributed by atoms with Gasteiger partial charge in [-0.3, -0.25) is 0 Å². The van der Waals surface area contributed by atoms with E-state index in [2.05, 4.69) is 23.3 Å². The van der Waals surface area contributed by atoms with Gasteiger partial charge >= 0.3 is 0 Å². The van der Waals surface area contributed by atoms with Crippen molar-refractivity contribution in [2.24, 2.45) is 0 Å². The normalized spacial score (nSPS) is 20.6. The Labute approximate surface area is 105 Å². The maximum atomic E-state index is 5.60. The maximum Gasteiger partial charge on any atom is 0.163 e. The van der Waals surface area contributed by atoms with Crippen molar-refractivity contribution in [3.8, 4) is 11.5 Å². The molecule has 0 radical (unpaired) electrons. The van der Waals surface area contributed by atoms with Crippen LogP contribution >= 0.6 is 0 Å². The molecule has 0 bridgehead atoms. The molecule has 0 aliphatic carbocycles. The van der Waals surface area contributed by atoms with E-state index in [9.17, 15) is 0 Å². The molecule has 0 spiro atoms. The van der Waals surface area contributed by atoms with Gasteiger partial charge in [0.15, 0.2) is 11.5 Å². The molecule has 1 aromatic carbocycles. The lowest BCUT2D eigenvalue weighted by atomic mass is 10.1. The van der Waals surface area contributed by atoms with Gasteiger partial charge in [0.25, 0.3) is 0 Å². The summed E-state index contributed by atoms with van der Waals surface area (Å²) in [5.41, 5.74) is 2.24. The molecule has 0 amide bonds. The van der Waals surface area contributed by atoms with Crippen molar-refractivity contribution in [2.75, 3.05) is 18.5 Å². The zero-order valence-electron chi connectivity index (χ0n) is 10.2. The largest absolute Gasteiger partial charge is 0.486 e. The van der Waals surface area contributed by atoms with Crippen molar-refractivity contribution in [2.45, 2.75) is 19.4 Å². The van der Waals surface area contributed by atoms with Crippen LogP contribution in [0.3, 0.4) is 0 Å². The molecule has 4 rings (SSSR count). The molecule has 0 saturated heterocycles. The number of anilines is 1. The fraction of sp³-hybridized carbons (Fsp3) is 0.357. The summed E-state index contributed by atoms with van der Waals surface area (Å²) in [6.45, 7) is 3.40. The Balaban J connectivity index is 1.92. The van der Waals surface area contributed by atoms with Gasteiger partial charge in [0.2, 0.25) is 0 Å². The molecule has 1 N–H and O–H groups in total. The van der Waals surface area contributed by atoms with E-state index in [1.54, 1.807) is 0 Å². The lowest BCUT2D eigenvalue weighted by Gasteiger charge is -2.18. The molecule has 2 aromatic rings. The Morgan fingerprint density at radius 2 is 1.94 bits per heavy atom. The predicted molar refractivity (Wildman–Crippen MR) is 69.5 cm³/mol. The van der Waals surface area contributed by atoms with E-state index in [0.29, 0.717) is 19.3 Å². The summed E-state index contributed by atoms with van der Waals surface area (Å²) in [4.78, 5) is 4.67. The van der Waals surface area contributed by atoms with Crippen LogP contribution < -0.4 is 14.8 Å². The smallest absolute Gasteiger partial charge is 0.163 e. The number of pyridine rings is 1. The van der Waals surface area contributed by atoms with E-state index in [4.69, 9.17) is 9.47 Å². The van der Waals surface area contributed by atoms with E-state index < -0.39 is 0 Å². The lowest BCUT2D eigenvalue weighted by molar-refractivity contribution is 0.172. The minimum atomic E-state index is 0.464. The number of hydrogen-bond donors (Lipinski definition) is 1. The average molecular weight is 242 g/mol. The van der Waals surface area contributed by atoms with Crippen LogP contribution in [0, 0.1) is 0 Å². The van der Waals surface area contributed by atoms with Crippen LogP contribution in [0.5, 0.6) is 11.5 Å². The fourth-order valence-electron chi connectivity index (χ4n) is 2.65. The summed E-state index contributed by atoms with van der Waals surface area (Å²) in [5, 5.41) is 4.51. The summed E-state index contributed by atoms with van der Waals surface area (Å²) in [6, 6.07) is 6.66. The Kier molecular flexibility index (Phi) is 1.95. The van der Waals surface area contributed by atoms with Gasteiger partial charge in [-0.05, 0) is 31.0 Å². The molecule has 92 valence electrons. The standard InChI is InChI=1S/C14H14N2O2/c1-8-4-10-5-9-6-12-13(18-3-2-17-12)7-11(9)16-14(10)15-8/h5-8H,2-4H2,1H3,(H,15,16). The number of aromatic nitrogens is 1. The van der Waals surface area contributed by atoms with Crippen molar-refractivity contribution >= 4 is 16.7 Å². The van der Waals surface area contributed by atoms with Crippen LogP contribution in [0.15, 0.2) is 18.2 Å². The van der Waals surface area contributed by atoms with Crippen LogP contribution in [-0.4, -0.2) is 24.2 Å². The molecular formula is C14H14N2O2. The first kappa shape index (κ1) is 10.00. The number of nitrogens with one attached hydrogen (secondary N) is 1. The van der Waals surface area contributed by atoms with Gasteiger partial charge in [-0.1, -0.05) is 0 Å². The topological polar surface area (TPSA) is 43.4 Å². The van der Waals surface area contributed by atoms with Crippen LogP contribution in [0.4, 0.5) is 5.82 Å². The van der Waals surface area contributed by atoms with E-state index >= 15 is 0 Å². The summed E-state index contributed by atoms with van der Waals surface area (Å²) in [6.07, 6.45) is 1.03. The number of benzene rings is 1. The van der Waals surface area contributed by atoms with Crippen molar-refractivity contribution in [3.63, 3.8) is 0 Å². The van der Waals surface area contributed by atoms with Gasteiger partial charge in [0.05, 0.1) is 5.52 Å². The van der Waals surface area contributed by atoms with Crippen molar-refractivity contribution < 1.29 is 9.47 Å². The van der Waals surface area contributed by atoms with Crippen molar-refractivity contribution in [1.29, 1.82) is 0 Å². The second-order valence-corrected chi connectivity index (χ2v) is 4.93. The van der Waals surface area contributed by atoms with Gasteiger partial charge in [-0.15, -0.1) is 0 Å². The Morgan fingerprint density at radius 1 is 1.17 bits per heavy atom. The molecule has 0 fully saturated rings. The molecule has 0 saturated carbocycles. The summed E-state index contributed by atoms with van der Waals surface area (Å²) in [7, 11) is 0. The van der Waals surface area contributed by atoms with Gasteiger partial charge in [0.1, 0.15) is 19.0 Å². The third kappa shape index (κ3) is 1.41. The van der Waals surface area contributed by atoms with Crippen molar-refractivity contribution in [3.05, 3.63) is 23.8 Å². The van der Waals surface area contributed by atoms with E-state index in [1.807, 2.05) is 12.1 Å². The summed E-state index contributed by atoms with van der Waals surface area (Å²) >= 11 is 0. The average Bonchev–Trinajstić information content (AvgIpc) is 2.72. The van der Waals surface area contributed by atoms with Crippen LogP contribution in [0.25, 0.3) is 10.9 Å². The Bertz CT molecular complexity index is 585. The lowest BCUT2D eigenvalue weighted by Crippen LogP contribution is -2.15. The highest BCUT2D eigenvalue weighted by atomic mass is 16.6. The first-order chi connectivity index (χ1) is 8.79. The third-order valence-corrected chi connectivity index (χ3v) is 3.47. The molecule has 18 heavy (non-hydrogen) atoms. The van der Waals surface area contributed by atoms with E-state index in [1.165, 1.54) is 5.56 Å². The van der Waals surface area contributed by atoms with Gasteiger partial charge in [0, 0.05) is 17.5 Å². The third-order valence-electron chi connectivity index (χ3n) is 3.47. The molecule has 1 aromatic heterocycles. The molecule has 2 aliphatic heterocycles. The summed E-state index contributed by atoms with van der Waals surface area (Å²) < 4.78 is 11.2. The quantitative estimate of drug-likeness (QED) is 0.770. The van der Waals surface area contributed by atoms with Gasteiger partial charge < -0.3 is 14.8 Å². The number of ether oxygens (including phenoxy) is 2. The first-order valence-electron chi connectivity index (χ1n) is 6.29. The minimum absolute atomic E-state index is 0.464. The molecule has 4 heteroatoms. The molecular weight excluding hydrogens is 228 g/mol. The highest BCUT2D eigenvalue weighted by Gasteiger charge is 2.20.